The number of benzene rings is 1. The monoisotopic (exact) mass is 369 g/mol. The van der Waals surface area contributed by atoms with E-state index in [1.54, 1.807) is 32.4 Å². The fraction of sp³-hybridized carbons (Fsp3) is 0.158. The Morgan fingerprint density at radius 2 is 1.78 bits per heavy atom. The van der Waals surface area contributed by atoms with Crippen LogP contribution >= 0.6 is 0 Å². The maximum atomic E-state index is 14.2. The number of anilines is 3. The second-order valence-corrected chi connectivity index (χ2v) is 5.67. The highest BCUT2D eigenvalue weighted by Gasteiger charge is 2.12. The fourth-order valence-corrected chi connectivity index (χ4v) is 2.45. The molecular weight excluding hydrogens is 349 g/mol. The molecule has 0 radical (unpaired) electrons. The van der Waals surface area contributed by atoms with E-state index in [1.807, 2.05) is 24.3 Å². The Balaban J connectivity index is 1.79. The minimum Gasteiger partial charge on any atom is -0.497 e. The third kappa shape index (κ3) is 4.55. The topological polar surface area (TPSA) is 94.3 Å². The minimum absolute atomic E-state index is 0.0362. The summed E-state index contributed by atoms with van der Waals surface area (Å²) in [7, 11) is 3.09. The first kappa shape index (κ1) is 18.2. The van der Waals surface area contributed by atoms with Gasteiger partial charge >= 0.3 is 0 Å². The van der Waals surface area contributed by atoms with Gasteiger partial charge in [-0.25, -0.2) is 9.37 Å². The highest BCUT2D eigenvalue weighted by molar-refractivity contribution is 5.62. The first-order valence-electron chi connectivity index (χ1n) is 8.18. The van der Waals surface area contributed by atoms with Crippen molar-refractivity contribution < 1.29 is 13.9 Å². The Hall–Kier alpha value is -3.55. The van der Waals surface area contributed by atoms with Crippen molar-refractivity contribution in [3.63, 3.8) is 0 Å². The summed E-state index contributed by atoms with van der Waals surface area (Å²) in [4.78, 5) is 8.20. The van der Waals surface area contributed by atoms with Crippen LogP contribution in [0.15, 0.2) is 60.5 Å². The zero-order valence-corrected chi connectivity index (χ0v) is 14.9. The average Bonchev–Trinajstić information content (AvgIpc) is 2.70. The Morgan fingerprint density at radius 3 is 2.37 bits per heavy atom. The molecule has 27 heavy (non-hydrogen) atoms. The van der Waals surface area contributed by atoms with E-state index < -0.39 is 5.82 Å². The summed E-state index contributed by atoms with van der Waals surface area (Å²) in [6, 6.07) is 5.03. The van der Waals surface area contributed by atoms with E-state index in [4.69, 9.17) is 15.2 Å². The molecule has 0 atom stereocenters. The van der Waals surface area contributed by atoms with Crippen LogP contribution < -0.4 is 25.8 Å². The number of ether oxygens (including phenoxy) is 2. The lowest BCUT2D eigenvalue weighted by atomic mass is 10.1. The van der Waals surface area contributed by atoms with Crippen molar-refractivity contribution in [3.05, 3.63) is 66.3 Å². The van der Waals surface area contributed by atoms with Crippen LogP contribution in [0.4, 0.5) is 21.8 Å². The number of hydrogen-bond donors (Lipinski definition) is 3. The molecule has 1 heterocycles. The molecule has 0 unspecified atom stereocenters. The number of nitrogens with zero attached hydrogens (tertiary/aromatic N) is 2. The minimum atomic E-state index is -0.578. The summed E-state index contributed by atoms with van der Waals surface area (Å²) in [5.74, 6) is 0.893. The third-order valence-electron chi connectivity index (χ3n) is 3.84. The molecule has 1 aromatic heterocycles. The first-order chi connectivity index (χ1) is 13.1. The molecular formula is C19H20FN5O2. The van der Waals surface area contributed by atoms with Crippen LogP contribution in [-0.2, 0) is 0 Å². The lowest BCUT2D eigenvalue weighted by Gasteiger charge is -2.15. The van der Waals surface area contributed by atoms with Crippen molar-refractivity contribution in [2.24, 2.45) is 5.73 Å². The molecule has 140 valence electrons. The van der Waals surface area contributed by atoms with Gasteiger partial charge in [0.25, 0.3) is 0 Å². The molecule has 4 N–H and O–H groups in total. The maximum Gasteiger partial charge on any atom is 0.225 e. The molecule has 1 aromatic carbocycles. The molecule has 0 saturated heterocycles. The second-order valence-electron chi connectivity index (χ2n) is 5.67. The Labute approximate surface area is 156 Å². The van der Waals surface area contributed by atoms with Gasteiger partial charge in [0.15, 0.2) is 11.6 Å². The largest absolute Gasteiger partial charge is 0.497 e. The van der Waals surface area contributed by atoms with Crippen LogP contribution in [-0.4, -0.2) is 30.2 Å². The lowest BCUT2D eigenvalue weighted by molar-refractivity contribution is 0.395. The molecule has 3 rings (SSSR count). The van der Waals surface area contributed by atoms with Gasteiger partial charge in [-0.2, -0.15) is 4.98 Å². The molecule has 2 aromatic rings. The quantitative estimate of drug-likeness (QED) is 0.720. The average molecular weight is 369 g/mol. The molecule has 1 aliphatic carbocycles. The Bertz CT molecular complexity index is 873. The number of aromatic nitrogens is 2. The zero-order valence-electron chi connectivity index (χ0n) is 14.9. The van der Waals surface area contributed by atoms with Crippen LogP contribution in [0.3, 0.4) is 0 Å². The van der Waals surface area contributed by atoms with E-state index in [0.29, 0.717) is 17.2 Å². The van der Waals surface area contributed by atoms with Crippen molar-refractivity contribution in [1.82, 2.24) is 9.97 Å². The van der Waals surface area contributed by atoms with Gasteiger partial charge in [0.05, 0.1) is 26.5 Å². The van der Waals surface area contributed by atoms with Crippen molar-refractivity contribution >= 4 is 17.5 Å². The molecule has 0 spiro atoms. The number of halogens is 1. The van der Waals surface area contributed by atoms with E-state index in [0.717, 1.165) is 11.8 Å². The summed E-state index contributed by atoms with van der Waals surface area (Å²) < 4.78 is 24.6. The standard InChI is InChI=1S/C19H20FN5O2/c1-26-15-7-14(8-16(9-15)27-2)23-18-17(20)11-22-19(25-18)24-13-5-3-12(10-21)4-6-13/h3-11,13H,21H2,1-2H3,(H2,22,23,24,25). The molecule has 0 bridgehead atoms. The highest BCUT2D eigenvalue weighted by Crippen LogP contribution is 2.28. The summed E-state index contributed by atoms with van der Waals surface area (Å²) in [5, 5.41) is 6.03. The summed E-state index contributed by atoms with van der Waals surface area (Å²) in [6.07, 6.45) is 10.2. The van der Waals surface area contributed by atoms with Gasteiger partial charge in [0.2, 0.25) is 5.95 Å². The van der Waals surface area contributed by atoms with Gasteiger partial charge in [0, 0.05) is 30.1 Å². The van der Waals surface area contributed by atoms with Crippen molar-refractivity contribution in [2.45, 2.75) is 6.04 Å². The fourth-order valence-electron chi connectivity index (χ4n) is 2.45. The van der Waals surface area contributed by atoms with Gasteiger partial charge < -0.3 is 25.8 Å². The second kappa shape index (κ2) is 8.22. The van der Waals surface area contributed by atoms with E-state index in [9.17, 15) is 4.39 Å². The van der Waals surface area contributed by atoms with E-state index >= 15 is 0 Å². The predicted molar refractivity (Wildman–Crippen MR) is 103 cm³/mol. The number of nitrogens with one attached hydrogen (secondary N) is 2. The van der Waals surface area contributed by atoms with Gasteiger partial charge in [0.1, 0.15) is 11.5 Å². The van der Waals surface area contributed by atoms with Crippen molar-refractivity contribution in [2.75, 3.05) is 24.9 Å². The van der Waals surface area contributed by atoms with E-state index in [2.05, 4.69) is 20.6 Å². The van der Waals surface area contributed by atoms with Gasteiger partial charge in [-0.05, 0) is 5.57 Å². The normalized spacial score (nSPS) is 15.4. The van der Waals surface area contributed by atoms with Crippen LogP contribution in [0.1, 0.15) is 0 Å². The van der Waals surface area contributed by atoms with Gasteiger partial charge in [-0.15, -0.1) is 0 Å². The number of rotatable bonds is 6. The Morgan fingerprint density at radius 1 is 1.11 bits per heavy atom. The predicted octanol–water partition coefficient (Wildman–Crippen LogP) is 3.13. The number of methoxy groups -OCH3 is 2. The zero-order chi connectivity index (χ0) is 19.2. The van der Waals surface area contributed by atoms with Gasteiger partial charge in [-0.3, -0.25) is 0 Å². The molecule has 7 nitrogen and oxygen atoms in total. The van der Waals surface area contributed by atoms with Crippen molar-refractivity contribution in [1.29, 1.82) is 0 Å². The molecule has 1 aliphatic rings. The third-order valence-corrected chi connectivity index (χ3v) is 3.84. The molecule has 0 fully saturated rings. The van der Waals surface area contributed by atoms with Gasteiger partial charge in [-0.1, -0.05) is 24.3 Å². The summed E-state index contributed by atoms with van der Waals surface area (Å²) in [5.41, 5.74) is 6.95. The smallest absolute Gasteiger partial charge is 0.225 e. The maximum absolute atomic E-state index is 14.2. The van der Waals surface area contributed by atoms with E-state index in [-0.39, 0.29) is 17.8 Å². The lowest BCUT2D eigenvalue weighted by Crippen LogP contribution is -2.18. The molecule has 0 amide bonds. The number of nitrogens with two attached hydrogens (primary N) is 1. The highest BCUT2D eigenvalue weighted by atomic mass is 19.1. The summed E-state index contributed by atoms with van der Waals surface area (Å²) in [6.45, 7) is 0. The van der Waals surface area contributed by atoms with Crippen LogP contribution in [0.2, 0.25) is 0 Å². The first-order valence-corrected chi connectivity index (χ1v) is 8.18. The summed E-state index contributed by atoms with van der Waals surface area (Å²) >= 11 is 0. The van der Waals surface area contributed by atoms with Crippen LogP contribution in [0.5, 0.6) is 11.5 Å². The van der Waals surface area contributed by atoms with Crippen molar-refractivity contribution in [3.8, 4) is 11.5 Å². The molecule has 0 aliphatic heterocycles. The Kier molecular flexibility index (Phi) is 5.55. The number of allylic oxidation sites excluding steroid dienone is 3. The molecule has 0 saturated carbocycles. The number of hydrogen-bond acceptors (Lipinski definition) is 7. The SMILES string of the molecule is COc1cc(Nc2nc(NC3C=CC(=CN)C=C3)ncc2F)cc(OC)c1. The molecule has 8 heteroatoms. The van der Waals surface area contributed by atoms with Crippen LogP contribution in [0.25, 0.3) is 0 Å². The van der Waals surface area contributed by atoms with E-state index in [1.165, 1.54) is 6.20 Å². The van der Waals surface area contributed by atoms with Crippen LogP contribution in [0, 0.1) is 5.82 Å².